The van der Waals surface area contributed by atoms with Crippen LogP contribution in [-0.4, -0.2) is 40.1 Å². The minimum absolute atomic E-state index is 0.220. The summed E-state index contributed by atoms with van der Waals surface area (Å²) in [6.45, 7) is 0. The van der Waals surface area contributed by atoms with Gasteiger partial charge in [-0.25, -0.2) is 18.4 Å². The van der Waals surface area contributed by atoms with E-state index < -0.39 is 15.7 Å². The lowest BCUT2D eigenvalue weighted by atomic mass is 9.86. The molecule has 142 valence electrons. The highest BCUT2D eigenvalue weighted by Gasteiger charge is 2.39. The summed E-state index contributed by atoms with van der Waals surface area (Å²) in [4.78, 5) is 8.37. The van der Waals surface area contributed by atoms with E-state index in [0.717, 1.165) is 23.7 Å². The fraction of sp³-hybridized carbons (Fsp3) is 0.389. The number of sulfonamides is 1. The third-order valence-electron chi connectivity index (χ3n) is 4.96. The topological polar surface area (TPSA) is 102 Å². The first kappa shape index (κ1) is 17.9. The van der Waals surface area contributed by atoms with Crippen LogP contribution in [0.15, 0.2) is 48.9 Å². The van der Waals surface area contributed by atoms with Crippen LogP contribution in [0, 0.1) is 0 Å². The smallest absolute Gasteiger partial charge is 0.224 e. The largest absolute Gasteiger partial charge is 0.335 e. The number of rotatable bonds is 5. The predicted molar refractivity (Wildman–Crippen MR) is 104 cm³/mol. The summed E-state index contributed by atoms with van der Waals surface area (Å²) in [5.74, 6) is 0.414. The molecule has 27 heavy (non-hydrogen) atoms. The highest BCUT2D eigenvalue weighted by molar-refractivity contribution is 7.88. The van der Waals surface area contributed by atoms with Gasteiger partial charge in [0.2, 0.25) is 16.0 Å². The Morgan fingerprint density at radius 3 is 2.52 bits per heavy atom. The molecular weight excluding hydrogens is 364 g/mol. The van der Waals surface area contributed by atoms with Crippen LogP contribution in [0.3, 0.4) is 0 Å². The molecule has 9 heteroatoms. The Kier molecular flexibility index (Phi) is 4.56. The molecule has 8 nitrogen and oxygen atoms in total. The van der Waals surface area contributed by atoms with Crippen LogP contribution in [0.1, 0.15) is 31.7 Å². The number of para-hydroxylation sites is 1. The second-order valence-electron chi connectivity index (χ2n) is 7.03. The number of anilines is 1. The average molecular weight is 386 g/mol. The molecular formula is C18H22N6O2S. The van der Waals surface area contributed by atoms with Crippen molar-refractivity contribution in [2.24, 2.45) is 0 Å². The molecule has 2 N–H and O–H groups in total. The maximum Gasteiger partial charge on any atom is 0.224 e. The first-order chi connectivity index (χ1) is 12.9. The fourth-order valence-corrected chi connectivity index (χ4v) is 4.77. The highest BCUT2D eigenvalue weighted by atomic mass is 32.2. The van der Waals surface area contributed by atoms with Crippen molar-refractivity contribution in [2.75, 3.05) is 11.6 Å². The van der Waals surface area contributed by atoms with Gasteiger partial charge >= 0.3 is 0 Å². The lowest BCUT2D eigenvalue weighted by molar-refractivity contribution is 0.234. The van der Waals surface area contributed by atoms with E-state index in [4.69, 9.17) is 0 Å². The molecule has 2 aromatic heterocycles. The van der Waals surface area contributed by atoms with Crippen molar-refractivity contribution in [1.29, 1.82) is 0 Å². The molecule has 1 aliphatic rings. The van der Waals surface area contributed by atoms with Crippen LogP contribution >= 0.6 is 0 Å². The van der Waals surface area contributed by atoms with Crippen LogP contribution in [-0.2, 0) is 10.0 Å². The molecule has 0 spiro atoms. The molecule has 0 atom stereocenters. The van der Waals surface area contributed by atoms with Gasteiger partial charge in [0.15, 0.2) is 0 Å². The molecule has 1 saturated carbocycles. The maximum atomic E-state index is 12.0. The number of nitrogens with zero attached hydrogens (tertiary/aromatic N) is 4. The van der Waals surface area contributed by atoms with Crippen molar-refractivity contribution in [3.8, 4) is 0 Å². The van der Waals surface area contributed by atoms with Crippen molar-refractivity contribution < 1.29 is 8.42 Å². The number of hydrogen-bond acceptors (Lipinski definition) is 6. The van der Waals surface area contributed by atoms with Crippen LogP contribution < -0.4 is 10.0 Å². The van der Waals surface area contributed by atoms with E-state index in [1.807, 2.05) is 24.4 Å². The van der Waals surface area contributed by atoms with Crippen molar-refractivity contribution in [1.82, 2.24) is 24.5 Å². The van der Waals surface area contributed by atoms with Gasteiger partial charge in [-0.05, 0) is 37.8 Å². The molecule has 1 aliphatic carbocycles. The van der Waals surface area contributed by atoms with Crippen molar-refractivity contribution in [2.45, 2.75) is 37.4 Å². The normalized spacial score (nSPS) is 23.4. The molecule has 0 bridgehead atoms. The number of aromatic nitrogens is 4. The second kappa shape index (κ2) is 6.90. The minimum atomic E-state index is -3.40. The molecule has 0 unspecified atom stereocenters. The second-order valence-corrected chi connectivity index (χ2v) is 8.78. The SMILES string of the molecule is CS(=O)(=O)NC1(Nc2ncccn2)CCC(n2ncc3ccccc32)CC1. The summed E-state index contributed by atoms with van der Waals surface area (Å²) in [6, 6.07) is 10.1. The quantitative estimate of drug-likeness (QED) is 0.653. The number of nitrogens with one attached hydrogen (secondary N) is 2. The lowest BCUT2D eigenvalue weighted by Gasteiger charge is -2.40. The first-order valence-corrected chi connectivity index (χ1v) is 10.8. The summed E-state index contributed by atoms with van der Waals surface area (Å²) in [7, 11) is -3.40. The van der Waals surface area contributed by atoms with Crippen molar-refractivity contribution in [3.05, 3.63) is 48.9 Å². The van der Waals surface area contributed by atoms with Gasteiger partial charge in [-0.1, -0.05) is 18.2 Å². The van der Waals surface area contributed by atoms with Crippen LogP contribution in [0.25, 0.3) is 10.9 Å². The third kappa shape index (κ3) is 3.93. The molecule has 1 aromatic carbocycles. The zero-order chi connectivity index (χ0) is 18.9. The summed E-state index contributed by atoms with van der Waals surface area (Å²) < 4.78 is 28.8. The van der Waals surface area contributed by atoms with Crippen LogP contribution in [0.4, 0.5) is 5.95 Å². The summed E-state index contributed by atoms with van der Waals surface area (Å²) in [6.07, 6.45) is 9.10. The molecule has 2 heterocycles. The number of fused-ring (bicyclic) bond motifs is 1. The number of benzene rings is 1. The van der Waals surface area contributed by atoms with E-state index >= 15 is 0 Å². The Labute approximate surface area is 158 Å². The molecule has 0 amide bonds. The van der Waals surface area contributed by atoms with E-state index in [1.165, 1.54) is 6.26 Å². The van der Waals surface area contributed by atoms with Gasteiger partial charge in [-0.15, -0.1) is 0 Å². The van der Waals surface area contributed by atoms with Gasteiger partial charge in [-0.2, -0.15) is 9.82 Å². The Bertz CT molecular complexity index is 1030. The molecule has 0 radical (unpaired) electrons. The third-order valence-corrected chi connectivity index (χ3v) is 5.72. The van der Waals surface area contributed by atoms with Crippen LogP contribution in [0.2, 0.25) is 0 Å². The summed E-state index contributed by atoms with van der Waals surface area (Å²) in [5, 5.41) is 8.88. The van der Waals surface area contributed by atoms with Gasteiger partial charge in [-0.3, -0.25) is 4.68 Å². The zero-order valence-electron chi connectivity index (χ0n) is 15.0. The average Bonchev–Trinajstić information content (AvgIpc) is 3.06. The van der Waals surface area contributed by atoms with Crippen molar-refractivity contribution in [3.63, 3.8) is 0 Å². The Morgan fingerprint density at radius 2 is 1.81 bits per heavy atom. The monoisotopic (exact) mass is 386 g/mol. The first-order valence-electron chi connectivity index (χ1n) is 8.91. The summed E-state index contributed by atoms with van der Waals surface area (Å²) >= 11 is 0. The molecule has 0 aliphatic heterocycles. The van der Waals surface area contributed by atoms with E-state index in [9.17, 15) is 8.42 Å². The van der Waals surface area contributed by atoms with Gasteiger partial charge in [0.1, 0.15) is 5.66 Å². The van der Waals surface area contributed by atoms with E-state index in [-0.39, 0.29) is 6.04 Å². The number of hydrogen-bond donors (Lipinski definition) is 2. The Balaban J connectivity index is 1.57. The molecule has 1 fully saturated rings. The fourth-order valence-electron chi connectivity index (χ4n) is 3.81. The van der Waals surface area contributed by atoms with Crippen LogP contribution in [0.5, 0.6) is 0 Å². The molecule has 4 rings (SSSR count). The summed E-state index contributed by atoms with van der Waals surface area (Å²) in [5.41, 5.74) is 0.305. The van der Waals surface area contributed by atoms with Gasteiger partial charge in [0.25, 0.3) is 0 Å². The molecule has 3 aromatic rings. The van der Waals surface area contributed by atoms with E-state index in [2.05, 4.69) is 35.9 Å². The maximum absolute atomic E-state index is 12.0. The minimum Gasteiger partial charge on any atom is -0.335 e. The van der Waals surface area contributed by atoms with Gasteiger partial charge < -0.3 is 5.32 Å². The standard InChI is InChI=1S/C18H22N6O2S/c1-27(25,26)23-18(22-17-19-11-4-12-20-17)9-7-15(8-10-18)24-16-6-3-2-5-14(16)13-21-24/h2-6,11-13,15,23H,7-10H2,1H3,(H,19,20,22). The van der Waals surface area contributed by atoms with Gasteiger partial charge in [0.05, 0.1) is 24.0 Å². The zero-order valence-corrected chi connectivity index (χ0v) is 15.9. The van der Waals surface area contributed by atoms with Crippen molar-refractivity contribution >= 4 is 26.9 Å². The highest BCUT2D eigenvalue weighted by Crippen LogP contribution is 2.36. The lowest BCUT2D eigenvalue weighted by Crippen LogP contribution is -2.56. The van der Waals surface area contributed by atoms with Gasteiger partial charge in [0, 0.05) is 17.8 Å². The Morgan fingerprint density at radius 1 is 1.11 bits per heavy atom. The Hall–Kier alpha value is -2.52. The molecule has 0 saturated heterocycles. The van der Waals surface area contributed by atoms with E-state index in [0.29, 0.717) is 18.8 Å². The predicted octanol–water partition coefficient (Wildman–Crippen LogP) is 2.30. The van der Waals surface area contributed by atoms with E-state index in [1.54, 1.807) is 18.5 Å².